The van der Waals surface area contributed by atoms with Gasteiger partial charge >= 0.3 is 12.1 Å². The van der Waals surface area contributed by atoms with Gasteiger partial charge in [-0.05, 0) is 5.38 Å². The van der Waals surface area contributed by atoms with Gasteiger partial charge in [-0.1, -0.05) is 18.2 Å². The van der Waals surface area contributed by atoms with Gasteiger partial charge in [-0.2, -0.15) is 22.0 Å². The number of thiophene rings is 1. The lowest BCUT2D eigenvalue weighted by atomic mass is 10.1. The van der Waals surface area contributed by atoms with Crippen LogP contribution in [0.5, 0.6) is 0 Å². The van der Waals surface area contributed by atoms with Crippen LogP contribution in [0.1, 0.15) is 5.56 Å². The van der Waals surface area contributed by atoms with Crippen molar-refractivity contribution in [1.29, 1.82) is 0 Å². The Morgan fingerprint density at radius 2 is 1.75 bits per heavy atom. The van der Waals surface area contributed by atoms with E-state index in [1.807, 2.05) is 0 Å². The SMILES string of the molecule is FC(F)(F)C(F)(F)c1cccc2[c]csc12. The number of halogens is 5. The molecule has 0 aliphatic rings. The highest BCUT2D eigenvalue weighted by atomic mass is 32.1. The van der Waals surface area contributed by atoms with E-state index in [1.54, 1.807) is 0 Å². The van der Waals surface area contributed by atoms with Crippen molar-refractivity contribution in [3.63, 3.8) is 0 Å². The van der Waals surface area contributed by atoms with E-state index >= 15 is 0 Å². The first-order valence-corrected chi connectivity index (χ1v) is 5.05. The second-order valence-corrected chi connectivity index (χ2v) is 4.01. The number of fused-ring (bicyclic) bond motifs is 1. The second kappa shape index (κ2) is 3.41. The molecule has 1 aromatic heterocycles. The molecule has 0 aliphatic heterocycles. The van der Waals surface area contributed by atoms with Crippen LogP contribution in [0.15, 0.2) is 23.6 Å². The quantitative estimate of drug-likeness (QED) is 0.661. The molecule has 0 atom stereocenters. The normalized spacial score (nSPS) is 13.3. The minimum absolute atomic E-state index is 0.0789. The van der Waals surface area contributed by atoms with Crippen molar-refractivity contribution < 1.29 is 22.0 Å². The lowest BCUT2D eigenvalue weighted by Gasteiger charge is -2.20. The molecular formula is C10H4F5S. The van der Waals surface area contributed by atoms with Gasteiger partial charge in [0.1, 0.15) is 0 Å². The molecule has 0 amide bonds. The van der Waals surface area contributed by atoms with Crippen molar-refractivity contribution in [1.82, 2.24) is 0 Å². The van der Waals surface area contributed by atoms with Gasteiger partial charge in [0.25, 0.3) is 0 Å². The number of alkyl halides is 5. The molecule has 6 heteroatoms. The molecule has 1 radical (unpaired) electrons. The van der Waals surface area contributed by atoms with E-state index in [9.17, 15) is 22.0 Å². The molecule has 0 bridgehead atoms. The first-order chi connectivity index (χ1) is 7.34. The molecule has 0 saturated carbocycles. The Balaban J connectivity index is 2.68. The molecule has 0 nitrogen and oxygen atoms in total. The van der Waals surface area contributed by atoms with Crippen LogP contribution in [0, 0.1) is 6.07 Å². The summed E-state index contributed by atoms with van der Waals surface area (Å²) in [6, 6.07) is 6.01. The minimum atomic E-state index is -5.58. The first-order valence-electron chi connectivity index (χ1n) is 4.17. The van der Waals surface area contributed by atoms with Crippen molar-refractivity contribution >= 4 is 21.4 Å². The van der Waals surface area contributed by atoms with E-state index in [1.165, 1.54) is 17.5 Å². The van der Waals surface area contributed by atoms with E-state index in [-0.39, 0.29) is 10.1 Å². The van der Waals surface area contributed by atoms with Gasteiger partial charge in [0, 0.05) is 21.7 Å². The van der Waals surface area contributed by atoms with Crippen molar-refractivity contribution in [3.05, 3.63) is 35.2 Å². The van der Waals surface area contributed by atoms with Gasteiger partial charge < -0.3 is 0 Å². The maximum atomic E-state index is 13.1. The van der Waals surface area contributed by atoms with Crippen molar-refractivity contribution in [2.75, 3.05) is 0 Å². The predicted octanol–water partition coefficient (Wildman–Crippen LogP) is 4.36. The summed E-state index contributed by atoms with van der Waals surface area (Å²) < 4.78 is 62.8. The van der Waals surface area contributed by atoms with Crippen LogP contribution in [0.4, 0.5) is 22.0 Å². The largest absolute Gasteiger partial charge is 0.458 e. The van der Waals surface area contributed by atoms with Gasteiger partial charge in [0.2, 0.25) is 0 Å². The first kappa shape index (κ1) is 11.3. The average Bonchev–Trinajstić information content (AvgIpc) is 2.62. The number of benzene rings is 1. The highest BCUT2D eigenvalue weighted by Crippen LogP contribution is 2.46. The van der Waals surface area contributed by atoms with Crippen LogP contribution in [0.3, 0.4) is 0 Å². The number of hydrogen-bond acceptors (Lipinski definition) is 1. The Kier molecular flexibility index (Phi) is 2.41. The summed E-state index contributed by atoms with van der Waals surface area (Å²) >= 11 is 0.821. The summed E-state index contributed by atoms with van der Waals surface area (Å²) in [5.74, 6) is -4.83. The Hall–Kier alpha value is -1.17. The molecule has 0 aliphatic carbocycles. The zero-order valence-electron chi connectivity index (χ0n) is 7.61. The highest BCUT2D eigenvalue weighted by molar-refractivity contribution is 7.17. The molecular weight excluding hydrogens is 247 g/mol. The molecule has 1 aromatic carbocycles. The zero-order valence-corrected chi connectivity index (χ0v) is 8.42. The molecule has 0 saturated heterocycles. The molecule has 0 fully saturated rings. The third-order valence-electron chi connectivity index (χ3n) is 2.10. The number of rotatable bonds is 1. The van der Waals surface area contributed by atoms with E-state index in [4.69, 9.17) is 0 Å². The van der Waals surface area contributed by atoms with E-state index < -0.39 is 17.7 Å². The fourth-order valence-electron chi connectivity index (χ4n) is 1.33. The Labute approximate surface area is 91.3 Å². The van der Waals surface area contributed by atoms with Gasteiger partial charge in [-0.15, -0.1) is 11.3 Å². The maximum absolute atomic E-state index is 13.1. The zero-order chi connectivity index (χ0) is 12.0. The van der Waals surface area contributed by atoms with E-state index in [2.05, 4.69) is 6.07 Å². The lowest BCUT2D eigenvalue weighted by molar-refractivity contribution is -0.288. The topological polar surface area (TPSA) is 0 Å². The van der Waals surface area contributed by atoms with Crippen LogP contribution >= 0.6 is 11.3 Å². The molecule has 85 valence electrons. The predicted molar refractivity (Wildman–Crippen MR) is 50.6 cm³/mol. The standard InChI is InChI=1S/C10H4F5S/c11-9(12,10(13,14)15)7-3-1-2-6-4-5-16-8(6)7/h1-3,5H. The summed E-state index contributed by atoms with van der Waals surface area (Å²) in [6.07, 6.45) is -5.58. The van der Waals surface area contributed by atoms with Crippen LogP contribution < -0.4 is 0 Å². The third kappa shape index (κ3) is 1.57. The van der Waals surface area contributed by atoms with Crippen molar-refractivity contribution in [3.8, 4) is 0 Å². The summed E-state index contributed by atoms with van der Waals surface area (Å²) in [5, 5.41) is 1.63. The van der Waals surface area contributed by atoms with Crippen molar-refractivity contribution in [2.45, 2.75) is 12.1 Å². The summed E-state index contributed by atoms with van der Waals surface area (Å²) in [5.41, 5.74) is -1.01. The average molecular weight is 251 g/mol. The fraction of sp³-hybridized carbons (Fsp3) is 0.200. The Bertz CT molecular complexity index is 511. The fourth-order valence-corrected chi connectivity index (χ4v) is 2.21. The summed E-state index contributed by atoms with van der Waals surface area (Å²) in [4.78, 5) is 0. The van der Waals surface area contributed by atoms with Crippen LogP contribution in [-0.4, -0.2) is 6.18 Å². The summed E-state index contributed by atoms with van der Waals surface area (Å²) in [7, 11) is 0. The van der Waals surface area contributed by atoms with E-state index in [0.717, 1.165) is 17.4 Å². The highest BCUT2D eigenvalue weighted by Gasteiger charge is 2.59. The molecule has 0 N–H and O–H groups in total. The second-order valence-electron chi connectivity index (χ2n) is 3.13. The van der Waals surface area contributed by atoms with Gasteiger partial charge in [-0.25, -0.2) is 0 Å². The Morgan fingerprint density at radius 1 is 1.06 bits per heavy atom. The van der Waals surface area contributed by atoms with Gasteiger partial charge in [0.05, 0.1) is 0 Å². The third-order valence-corrected chi connectivity index (χ3v) is 3.01. The van der Waals surface area contributed by atoms with Gasteiger partial charge in [0.15, 0.2) is 0 Å². The molecule has 16 heavy (non-hydrogen) atoms. The molecule has 0 unspecified atom stereocenters. The van der Waals surface area contributed by atoms with Crippen LogP contribution in [-0.2, 0) is 5.92 Å². The minimum Gasteiger partial charge on any atom is -0.191 e. The van der Waals surface area contributed by atoms with Crippen LogP contribution in [0.25, 0.3) is 10.1 Å². The molecule has 0 spiro atoms. The van der Waals surface area contributed by atoms with Crippen LogP contribution in [0.2, 0.25) is 0 Å². The Morgan fingerprint density at radius 3 is 2.38 bits per heavy atom. The summed E-state index contributed by atoms with van der Waals surface area (Å²) in [6.45, 7) is 0. The molecule has 2 rings (SSSR count). The number of hydrogen-bond donors (Lipinski definition) is 0. The van der Waals surface area contributed by atoms with E-state index in [0.29, 0.717) is 0 Å². The smallest absolute Gasteiger partial charge is 0.191 e. The molecule has 2 aromatic rings. The van der Waals surface area contributed by atoms with Crippen molar-refractivity contribution in [2.24, 2.45) is 0 Å². The molecule has 1 heterocycles. The lowest BCUT2D eigenvalue weighted by Crippen LogP contribution is -2.33. The monoisotopic (exact) mass is 251 g/mol. The maximum Gasteiger partial charge on any atom is 0.458 e. The van der Waals surface area contributed by atoms with Gasteiger partial charge in [-0.3, -0.25) is 0 Å².